The van der Waals surface area contributed by atoms with Crippen molar-refractivity contribution in [2.75, 3.05) is 40.6 Å². The molecule has 0 aliphatic rings. The van der Waals surface area contributed by atoms with E-state index in [0.29, 0.717) is 26.4 Å². The SMILES string of the molecule is COCCOC(C)[O-].COCCOC(C)[O-].[Be+2]. The zero-order valence-corrected chi connectivity index (χ0v) is 11.1. The van der Waals surface area contributed by atoms with Gasteiger partial charge in [0.1, 0.15) is 0 Å². The molecule has 0 aliphatic heterocycles. The van der Waals surface area contributed by atoms with E-state index >= 15 is 0 Å². The molecule has 100 valence electrons. The summed E-state index contributed by atoms with van der Waals surface area (Å²) in [4.78, 5) is 0. The minimum atomic E-state index is -0.926. The van der Waals surface area contributed by atoms with Crippen molar-refractivity contribution in [3.8, 4) is 0 Å². The van der Waals surface area contributed by atoms with Crippen LogP contribution in [0.4, 0.5) is 0 Å². The quantitative estimate of drug-likeness (QED) is 0.290. The summed E-state index contributed by atoms with van der Waals surface area (Å²) in [6, 6.07) is 0. The zero-order valence-electron chi connectivity index (χ0n) is 11.1. The van der Waals surface area contributed by atoms with E-state index in [9.17, 15) is 10.2 Å². The zero-order chi connectivity index (χ0) is 12.8. The van der Waals surface area contributed by atoms with Gasteiger partial charge < -0.3 is 29.2 Å². The van der Waals surface area contributed by atoms with Crippen molar-refractivity contribution in [1.29, 1.82) is 0 Å². The number of hydrogen-bond donors (Lipinski definition) is 0. The van der Waals surface area contributed by atoms with Crippen LogP contribution in [-0.4, -0.2) is 63.3 Å². The van der Waals surface area contributed by atoms with Crippen LogP contribution in [0.5, 0.6) is 0 Å². The smallest absolute Gasteiger partial charge is 0.831 e. The number of rotatable bonds is 8. The van der Waals surface area contributed by atoms with E-state index < -0.39 is 12.6 Å². The van der Waals surface area contributed by atoms with E-state index in [0.717, 1.165) is 0 Å². The van der Waals surface area contributed by atoms with Crippen molar-refractivity contribution < 1.29 is 29.2 Å². The minimum absolute atomic E-state index is 0. The average Bonchev–Trinajstić information content (AvgIpc) is 2.18. The van der Waals surface area contributed by atoms with Crippen LogP contribution in [0.1, 0.15) is 13.8 Å². The van der Waals surface area contributed by atoms with Crippen LogP contribution in [0.2, 0.25) is 0 Å². The molecule has 0 amide bonds. The third kappa shape index (κ3) is 31.3. The molecule has 0 saturated heterocycles. The molecule has 2 unspecified atom stereocenters. The summed E-state index contributed by atoms with van der Waals surface area (Å²) in [5, 5.41) is 20.2. The first-order valence-corrected chi connectivity index (χ1v) is 5.07. The Bertz CT molecular complexity index is 109. The van der Waals surface area contributed by atoms with E-state index in [2.05, 4.69) is 18.9 Å². The molecule has 0 aliphatic carbocycles. The molecule has 0 saturated carbocycles. The van der Waals surface area contributed by atoms with Gasteiger partial charge in [0.2, 0.25) is 0 Å². The molecular formula is C10H22BeO6. The number of methoxy groups -OCH3 is 2. The molecule has 0 bridgehead atoms. The molecule has 0 aromatic rings. The topological polar surface area (TPSA) is 83.0 Å². The molecule has 0 aromatic carbocycles. The normalized spacial score (nSPS) is 13.1. The Labute approximate surface area is 107 Å². The summed E-state index contributed by atoms with van der Waals surface area (Å²) in [6.45, 7) is 4.67. The van der Waals surface area contributed by atoms with Gasteiger partial charge in [0.15, 0.2) is 0 Å². The van der Waals surface area contributed by atoms with Gasteiger partial charge in [-0.2, -0.15) is 0 Å². The second kappa shape index (κ2) is 18.3. The number of ether oxygens (including phenoxy) is 4. The van der Waals surface area contributed by atoms with Crippen molar-refractivity contribution in [2.45, 2.75) is 26.4 Å². The van der Waals surface area contributed by atoms with Gasteiger partial charge in [0.05, 0.1) is 26.4 Å². The van der Waals surface area contributed by atoms with Crippen molar-refractivity contribution in [2.24, 2.45) is 0 Å². The summed E-state index contributed by atoms with van der Waals surface area (Å²) in [5.74, 6) is 0. The Kier molecular flexibility index (Phi) is 23.8. The van der Waals surface area contributed by atoms with Gasteiger partial charge in [-0.25, -0.2) is 0 Å². The minimum Gasteiger partial charge on any atom is -0.831 e. The van der Waals surface area contributed by atoms with Crippen LogP contribution in [0.15, 0.2) is 0 Å². The fraction of sp³-hybridized carbons (Fsp3) is 1.00. The molecule has 0 rings (SSSR count). The van der Waals surface area contributed by atoms with E-state index in [1.165, 1.54) is 13.8 Å². The molecule has 0 radical (unpaired) electrons. The Morgan fingerprint density at radius 2 is 1.06 bits per heavy atom. The van der Waals surface area contributed by atoms with Crippen molar-refractivity contribution in [3.63, 3.8) is 0 Å². The van der Waals surface area contributed by atoms with Crippen molar-refractivity contribution in [3.05, 3.63) is 0 Å². The van der Waals surface area contributed by atoms with E-state index in [1.54, 1.807) is 14.2 Å². The van der Waals surface area contributed by atoms with E-state index in [1.807, 2.05) is 0 Å². The largest absolute Gasteiger partial charge is 2.00 e. The standard InChI is InChI=1S/2C5H11O3.Be/c2*1-5(6)8-4-3-7-2;/h2*5H,3-4H2,1-2H3;/q2*-1;+2. The second-order valence-electron chi connectivity index (χ2n) is 2.86. The van der Waals surface area contributed by atoms with E-state index in [4.69, 9.17) is 0 Å². The Hall–Kier alpha value is -0.0712. The van der Waals surface area contributed by atoms with Crippen LogP contribution in [0.25, 0.3) is 0 Å². The fourth-order valence-corrected chi connectivity index (χ4v) is 0.595. The Morgan fingerprint density at radius 1 is 0.765 bits per heavy atom. The first kappa shape index (κ1) is 22.1. The van der Waals surface area contributed by atoms with Crippen LogP contribution < -0.4 is 10.2 Å². The summed E-state index contributed by atoms with van der Waals surface area (Å²) in [5.41, 5.74) is 0. The molecule has 6 nitrogen and oxygen atoms in total. The van der Waals surface area contributed by atoms with Gasteiger partial charge in [-0.15, -0.1) is 0 Å². The van der Waals surface area contributed by atoms with Gasteiger partial charge in [0, 0.05) is 14.2 Å². The van der Waals surface area contributed by atoms with Crippen molar-refractivity contribution in [1.82, 2.24) is 0 Å². The third-order valence-electron chi connectivity index (χ3n) is 1.28. The van der Waals surface area contributed by atoms with Gasteiger partial charge in [-0.3, -0.25) is 0 Å². The van der Waals surface area contributed by atoms with Crippen LogP contribution in [0.3, 0.4) is 0 Å². The third-order valence-corrected chi connectivity index (χ3v) is 1.28. The summed E-state index contributed by atoms with van der Waals surface area (Å²) in [6.07, 6.45) is -1.85. The molecule has 0 heterocycles. The first-order valence-electron chi connectivity index (χ1n) is 5.07. The molecule has 0 N–H and O–H groups in total. The van der Waals surface area contributed by atoms with Crippen LogP contribution in [-0.2, 0) is 18.9 Å². The maximum Gasteiger partial charge on any atom is 2.00 e. The summed E-state index contributed by atoms with van der Waals surface area (Å²) >= 11 is 0. The average molecular weight is 247 g/mol. The fourth-order valence-electron chi connectivity index (χ4n) is 0.595. The summed E-state index contributed by atoms with van der Waals surface area (Å²) in [7, 11) is 3.14. The Balaban J connectivity index is -0.000000218. The first-order chi connectivity index (χ1) is 7.54. The van der Waals surface area contributed by atoms with Gasteiger partial charge in [-0.05, 0) is 12.6 Å². The predicted octanol–water partition coefficient (Wildman–Crippen LogP) is -1.67. The predicted molar refractivity (Wildman–Crippen MR) is 60.3 cm³/mol. The maximum atomic E-state index is 10.1. The monoisotopic (exact) mass is 247 g/mol. The molecular weight excluding hydrogens is 225 g/mol. The summed E-state index contributed by atoms with van der Waals surface area (Å²) < 4.78 is 18.5. The second-order valence-corrected chi connectivity index (χ2v) is 2.86. The molecule has 2 atom stereocenters. The van der Waals surface area contributed by atoms with Crippen LogP contribution in [0, 0.1) is 0 Å². The molecule has 0 fully saturated rings. The van der Waals surface area contributed by atoms with Gasteiger partial charge in [0.25, 0.3) is 0 Å². The van der Waals surface area contributed by atoms with E-state index in [-0.39, 0.29) is 10.1 Å². The maximum absolute atomic E-state index is 10.1. The van der Waals surface area contributed by atoms with Gasteiger partial charge in [-0.1, -0.05) is 13.8 Å². The molecule has 7 heteroatoms. The molecule has 0 aromatic heterocycles. The molecule has 17 heavy (non-hydrogen) atoms. The Morgan fingerprint density at radius 3 is 1.24 bits per heavy atom. The molecule has 0 spiro atoms. The van der Waals surface area contributed by atoms with Crippen molar-refractivity contribution >= 4 is 10.1 Å². The van der Waals surface area contributed by atoms with Crippen LogP contribution >= 0.6 is 0 Å². The van der Waals surface area contributed by atoms with Gasteiger partial charge >= 0.3 is 10.1 Å². The number of hydrogen-bond acceptors (Lipinski definition) is 6.